The first-order chi connectivity index (χ1) is 13.0. The molecule has 150 valence electrons. The monoisotopic (exact) mass is 376 g/mol. The van der Waals surface area contributed by atoms with Crippen molar-refractivity contribution in [1.29, 1.82) is 0 Å². The summed E-state index contributed by atoms with van der Waals surface area (Å²) in [6, 6.07) is 0. The smallest absolute Gasteiger partial charge is 0.318 e. The van der Waals surface area contributed by atoms with E-state index in [0.717, 1.165) is 38.5 Å². The van der Waals surface area contributed by atoms with Gasteiger partial charge in [-0.3, -0.25) is 14.4 Å². The molecule has 0 aromatic carbocycles. The molecule has 0 aromatic heterocycles. The van der Waals surface area contributed by atoms with Crippen molar-refractivity contribution in [2.24, 2.45) is 23.7 Å². The average Bonchev–Trinajstić information content (AvgIpc) is 2.93. The van der Waals surface area contributed by atoms with Crippen LogP contribution in [-0.2, 0) is 19.1 Å². The Labute approximate surface area is 161 Å². The van der Waals surface area contributed by atoms with E-state index in [0.29, 0.717) is 6.42 Å². The van der Waals surface area contributed by atoms with E-state index in [2.05, 4.69) is 31.2 Å². The largest absolute Gasteiger partial charge is 0.481 e. The highest BCUT2D eigenvalue weighted by atomic mass is 16.6. The molecule has 1 heterocycles. The molecule has 1 fully saturated rings. The summed E-state index contributed by atoms with van der Waals surface area (Å²) in [5, 5.41) is 8.66. The summed E-state index contributed by atoms with van der Waals surface area (Å²) in [5.74, 6) is -2.29. The van der Waals surface area contributed by atoms with Gasteiger partial charge < -0.3 is 9.84 Å². The van der Waals surface area contributed by atoms with Crippen LogP contribution in [0.25, 0.3) is 0 Å². The zero-order valence-electron chi connectivity index (χ0n) is 16.3. The molecule has 0 spiro atoms. The third-order valence-corrected chi connectivity index (χ3v) is 5.60. The molecule has 4 atom stereocenters. The van der Waals surface area contributed by atoms with E-state index in [1.165, 1.54) is 12.8 Å². The van der Waals surface area contributed by atoms with Gasteiger partial charge in [0.2, 0.25) is 0 Å². The fourth-order valence-corrected chi connectivity index (χ4v) is 4.11. The van der Waals surface area contributed by atoms with Crippen LogP contribution in [0.2, 0.25) is 0 Å². The maximum atomic E-state index is 12.2. The lowest BCUT2D eigenvalue weighted by Crippen LogP contribution is -2.33. The number of rotatable bonds is 12. The highest BCUT2D eigenvalue weighted by Gasteiger charge is 2.51. The number of ether oxygens (including phenoxy) is 1. The van der Waals surface area contributed by atoms with Crippen molar-refractivity contribution in [3.8, 4) is 0 Å². The molecule has 1 aliphatic carbocycles. The number of hydrogen-bond acceptors (Lipinski definition) is 4. The molecule has 5 nitrogen and oxygen atoms in total. The summed E-state index contributed by atoms with van der Waals surface area (Å²) >= 11 is 0. The molecule has 1 saturated heterocycles. The summed E-state index contributed by atoms with van der Waals surface area (Å²) in [4.78, 5) is 35.0. The highest BCUT2D eigenvalue weighted by Crippen LogP contribution is 2.43. The van der Waals surface area contributed by atoms with Gasteiger partial charge in [-0.05, 0) is 31.6 Å². The van der Waals surface area contributed by atoms with Gasteiger partial charge in [-0.25, -0.2) is 0 Å². The predicted octanol–water partition coefficient (Wildman–Crippen LogP) is 4.67. The fraction of sp³-hybridized carbons (Fsp3) is 0.682. The lowest BCUT2D eigenvalue weighted by atomic mass is 9.70. The number of fused-ring (bicyclic) bond motifs is 1. The van der Waals surface area contributed by atoms with Gasteiger partial charge in [0.25, 0.3) is 0 Å². The number of carboxylic acids is 1. The normalized spacial score (nSPS) is 27.1. The maximum Gasteiger partial charge on any atom is 0.318 e. The third-order valence-electron chi connectivity index (χ3n) is 5.60. The van der Waals surface area contributed by atoms with Crippen LogP contribution in [0.5, 0.6) is 0 Å². The summed E-state index contributed by atoms with van der Waals surface area (Å²) < 4.78 is 4.97. The van der Waals surface area contributed by atoms with Gasteiger partial charge in [0.1, 0.15) is 0 Å². The van der Waals surface area contributed by atoms with E-state index in [1.807, 2.05) is 0 Å². The Balaban J connectivity index is 1.88. The lowest BCUT2D eigenvalue weighted by molar-refractivity contribution is -0.154. The summed E-state index contributed by atoms with van der Waals surface area (Å²) in [7, 11) is 0. The van der Waals surface area contributed by atoms with Crippen molar-refractivity contribution < 1.29 is 24.2 Å². The molecule has 2 rings (SSSR count). The molecule has 0 aromatic rings. The first-order valence-electron chi connectivity index (χ1n) is 10.4. The topological polar surface area (TPSA) is 80.7 Å². The quantitative estimate of drug-likeness (QED) is 0.232. The molecular weight excluding hydrogens is 344 g/mol. The fourth-order valence-electron chi connectivity index (χ4n) is 4.11. The minimum absolute atomic E-state index is 0.0400. The van der Waals surface area contributed by atoms with Crippen molar-refractivity contribution >= 4 is 17.9 Å². The van der Waals surface area contributed by atoms with Crippen molar-refractivity contribution in [2.75, 3.05) is 0 Å². The van der Waals surface area contributed by atoms with Crippen LogP contribution in [0.15, 0.2) is 24.3 Å². The van der Waals surface area contributed by atoms with Gasteiger partial charge in [-0.15, -0.1) is 0 Å². The summed E-state index contributed by atoms with van der Waals surface area (Å²) in [6.07, 6.45) is 17.3. The Morgan fingerprint density at radius 3 is 2.52 bits per heavy atom. The van der Waals surface area contributed by atoms with Gasteiger partial charge in [0, 0.05) is 12.3 Å². The molecule has 1 N–H and O–H groups in total. The number of carbonyl (C=O) groups is 3. The van der Waals surface area contributed by atoms with Crippen molar-refractivity contribution in [1.82, 2.24) is 0 Å². The van der Waals surface area contributed by atoms with Gasteiger partial charge in [-0.1, -0.05) is 63.3 Å². The van der Waals surface area contributed by atoms with E-state index in [9.17, 15) is 14.4 Å². The predicted molar refractivity (Wildman–Crippen MR) is 103 cm³/mol. The van der Waals surface area contributed by atoms with E-state index >= 15 is 0 Å². The highest BCUT2D eigenvalue weighted by molar-refractivity contribution is 5.97. The Morgan fingerprint density at radius 2 is 1.78 bits per heavy atom. The molecule has 27 heavy (non-hydrogen) atoms. The minimum Gasteiger partial charge on any atom is -0.481 e. The molecule has 1 aliphatic heterocycles. The van der Waals surface area contributed by atoms with Gasteiger partial charge in [0.05, 0.1) is 11.8 Å². The first-order valence-corrected chi connectivity index (χ1v) is 10.4. The molecular formula is C22H32O5. The van der Waals surface area contributed by atoms with E-state index in [-0.39, 0.29) is 42.0 Å². The number of unbranched alkanes of at least 4 members (excludes halogenated alkanes) is 6. The van der Waals surface area contributed by atoms with Crippen molar-refractivity contribution in [3.05, 3.63) is 24.3 Å². The van der Waals surface area contributed by atoms with Crippen LogP contribution >= 0.6 is 0 Å². The van der Waals surface area contributed by atoms with Crippen molar-refractivity contribution in [2.45, 2.75) is 71.1 Å². The van der Waals surface area contributed by atoms with Crippen LogP contribution in [0.4, 0.5) is 0 Å². The van der Waals surface area contributed by atoms with Gasteiger partial charge >= 0.3 is 17.9 Å². The number of aliphatic carboxylic acids is 1. The first kappa shape index (κ1) is 21.4. The summed E-state index contributed by atoms with van der Waals surface area (Å²) in [5.41, 5.74) is 0. The number of hydrogen-bond donors (Lipinski definition) is 1. The van der Waals surface area contributed by atoms with Crippen LogP contribution in [-0.4, -0.2) is 23.0 Å². The Kier molecular flexibility index (Phi) is 8.76. The lowest BCUT2D eigenvalue weighted by Gasteiger charge is -2.29. The number of carbonyl (C=O) groups excluding carboxylic acids is 2. The molecule has 0 saturated carbocycles. The van der Waals surface area contributed by atoms with E-state index in [4.69, 9.17) is 9.84 Å². The maximum absolute atomic E-state index is 12.2. The van der Waals surface area contributed by atoms with E-state index in [1.54, 1.807) is 0 Å². The molecule has 0 radical (unpaired) electrons. The van der Waals surface area contributed by atoms with Crippen molar-refractivity contribution in [3.63, 3.8) is 0 Å². The number of carboxylic acid groups (broad SMARTS) is 1. The second-order valence-electron chi connectivity index (χ2n) is 7.69. The summed E-state index contributed by atoms with van der Waals surface area (Å²) in [6.45, 7) is 2.17. The van der Waals surface area contributed by atoms with Gasteiger partial charge in [-0.2, -0.15) is 0 Å². The standard InChI is InChI=1S/C22H32O5/c1-2-3-4-5-8-11-16-14-15-17(12-9-6-7-10-13-18(23)24)20-19(16)21(25)27-22(20)26/h8,11,14-17,19-20H,2-7,9-10,12-13H2,1H3,(H,23,24)/b11-8-. The van der Waals surface area contributed by atoms with Crippen LogP contribution in [0.1, 0.15) is 71.1 Å². The third kappa shape index (κ3) is 6.33. The second kappa shape index (κ2) is 11.1. The average molecular weight is 376 g/mol. The number of allylic oxidation sites excluding steroid dienone is 4. The van der Waals surface area contributed by atoms with Crippen LogP contribution in [0.3, 0.4) is 0 Å². The number of cyclic esters (lactones) is 2. The zero-order chi connectivity index (χ0) is 19.6. The Morgan fingerprint density at radius 1 is 1.04 bits per heavy atom. The SMILES string of the molecule is CCCCC/C=C\C1C=CC(CCCCCCC(=O)O)C2C(=O)OC(=O)C12. The van der Waals surface area contributed by atoms with Crippen LogP contribution < -0.4 is 0 Å². The van der Waals surface area contributed by atoms with Gasteiger partial charge in [0.15, 0.2) is 0 Å². The molecule has 4 unspecified atom stereocenters. The zero-order valence-corrected chi connectivity index (χ0v) is 16.3. The molecule has 2 aliphatic rings. The molecule has 5 heteroatoms. The molecule has 0 bridgehead atoms. The second-order valence-corrected chi connectivity index (χ2v) is 7.69. The Bertz CT molecular complexity index is 577. The number of esters is 2. The molecule has 0 amide bonds. The minimum atomic E-state index is -0.756. The Hall–Kier alpha value is -1.91. The van der Waals surface area contributed by atoms with Crippen LogP contribution in [0, 0.1) is 23.7 Å². The van der Waals surface area contributed by atoms with E-state index < -0.39 is 5.97 Å².